The second-order valence-corrected chi connectivity index (χ2v) is 6.52. The summed E-state index contributed by atoms with van der Waals surface area (Å²) in [6.07, 6.45) is 4.03. The average molecular weight is 374 g/mol. The molecule has 4 rings (SSSR count). The third kappa shape index (κ3) is 3.32. The molecule has 1 saturated heterocycles. The minimum absolute atomic E-state index is 0.117. The Bertz CT molecular complexity index is 874. The summed E-state index contributed by atoms with van der Waals surface area (Å²) in [6, 6.07) is 0. The largest absolute Gasteiger partial charge is 0.459 e. The summed E-state index contributed by atoms with van der Waals surface area (Å²) in [6.45, 7) is 4.60. The molecule has 0 atom stereocenters. The van der Waals surface area contributed by atoms with Crippen LogP contribution in [0.2, 0.25) is 0 Å². The van der Waals surface area contributed by atoms with E-state index in [9.17, 15) is 9.59 Å². The fourth-order valence-electron chi connectivity index (χ4n) is 3.57. The van der Waals surface area contributed by atoms with Crippen LogP contribution in [-0.2, 0) is 31.9 Å². The van der Waals surface area contributed by atoms with Crippen molar-refractivity contribution < 1.29 is 19.1 Å². The normalized spacial score (nSPS) is 16.9. The molecule has 1 fully saturated rings. The maximum atomic E-state index is 12.0. The van der Waals surface area contributed by atoms with E-state index in [0.29, 0.717) is 18.9 Å². The molecule has 1 N–H and O–H groups in total. The van der Waals surface area contributed by atoms with E-state index in [2.05, 4.69) is 20.4 Å². The second kappa shape index (κ2) is 7.47. The fourth-order valence-corrected chi connectivity index (χ4v) is 3.57. The first-order valence-electron chi connectivity index (χ1n) is 9.27. The first-order chi connectivity index (χ1) is 13.2. The van der Waals surface area contributed by atoms with Gasteiger partial charge in [0.25, 0.3) is 5.95 Å². The van der Waals surface area contributed by atoms with Crippen LogP contribution in [0.5, 0.6) is 0 Å². The molecule has 1 aliphatic carbocycles. The molecule has 10 nitrogen and oxygen atoms in total. The van der Waals surface area contributed by atoms with E-state index in [1.54, 1.807) is 6.92 Å². The quantitative estimate of drug-likeness (QED) is 0.605. The second-order valence-electron chi connectivity index (χ2n) is 6.52. The Hall–Kier alpha value is -2.75. The fraction of sp³-hybridized carbons (Fsp3) is 0.588. The van der Waals surface area contributed by atoms with Crippen LogP contribution in [0.4, 0.5) is 11.8 Å². The lowest BCUT2D eigenvalue weighted by atomic mass is 9.92. The van der Waals surface area contributed by atoms with E-state index in [0.717, 1.165) is 50.2 Å². The van der Waals surface area contributed by atoms with Crippen LogP contribution in [0, 0.1) is 0 Å². The van der Waals surface area contributed by atoms with E-state index in [1.165, 1.54) is 10.1 Å². The Morgan fingerprint density at radius 2 is 1.89 bits per heavy atom. The number of nitrogens with one attached hydrogen (secondary N) is 1. The lowest BCUT2D eigenvalue weighted by molar-refractivity contribution is -0.152. The Morgan fingerprint density at radius 3 is 2.63 bits per heavy atom. The van der Waals surface area contributed by atoms with E-state index >= 15 is 0 Å². The third-order valence-corrected chi connectivity index (χ3v) is 4.84. The van der Waals surface area contributed by atoms with E-state index < -0.39 is 11.9 Å². The van der Waals surface area contributed by atoms with Crippen LogP contribution in [0.15, 0.2) is 0 Å². The van der Waals surface area contributed by atoms with Crippen molar-refractivity contribution in [1.29, 1.82) is 0 Å². The van der Waals surface area contributed by atoms with Gasteiger partial charge in [-0.25, -0.2) is 4.79 Å². The van der Waals surface area contributed by atoms with Gasteiger partial charge >= 0.3 is 11.9 Å². The highest BCUT2D eigenvalue weighted by Gasteiger charge is 2.27. The van der Waals surface area contributed by atoms with Gasteiger partial charge in [0.1, 0.15) is 0 Å². The summed E-state index contributed by atoms with van der Waals surface area (Å²) < 4.78 is 11.7. The van der Waals surface area contributed by atoms with Gasteiger partial charge in [0.05, 0.1) is 19.8 Å². The zero-order valence-electron chi connectivity index (χ0n) is 15.2. The van der Waals surface area contributed by atoms with Gasteiger partial charge in [0.15, 0.2) is 11.5 Å². The number of esters is 1. The Morgan fingerprint density at radius 1 is 1.15 bits per heavy atom. The summed E-state index contributed by atoms with van der Waals surface area (Å²) in [5, 5.41) is 15.4. The van der Waals surface area contributed by atoms with Crippen molar-refractivity contribution in [2.45, 2.75) is 32.6 Å². The first-order valence-corrected chi connectivity index (χ1v) is 9.27. The van der Waals surface area contributed by atoms with Gasteiger partial charge in [-0.1, -0.05) is 0 Å². The van der Waals surface area contributed by atoms with Gasteiger partial charge in [-0.3, -0.25) is 10.1 Å². The van der Waals surface area contributed by atoms with Crippen molar-refractivity contribution in [3.05, 3.63) is 11.1 Å². The minimum atomic E-state index is -0.958. The highest BCUT2D eigenvalue weighted by Crippen LogP contribution is 2.32. The lowest BCUT2D eigenvalue weighted by Gasteiger charge is -2.31. The molecule has 0 aromatic carbocycles. The van der Waals surface area contributed by atoms with Gasteiger partial charge in [-0.05, 0) is 32.6 Å². The number of amides is 1. The molecule has 2 aromatic heterocycles. The van der Waals surface area contributed by atoms with Gasteiger partial charge in [0, 0.05) is 24.2 Å². The molecule has 0 spiro atoms. The van der Waals surface area contributed by atoms with Crippen molar-refractivity contribution in [3.63, 3.8) is 0 Å². The Labute approximate surface area is 155 Å². The molecule has 2 aromatic rings. The molecule has 1 aliphatic heterocycles. The number of hydrogen-bond acceptors (Lipinski definition) is 8. The number of hydrogen-bond donors (Lipinski definition) is 1. The van der Waals surface area contributed by atoms with Gasteiger partial charge in [-0.2, -0.15) is 4.52 Å². The maximum absolute atomic E-state index is 12.0. The SMILES string of the molecule is CCOC(=O)C(=O)Nc1nnc2c3c(c(N4CCOCC4)nn12)CCCC3. The highest BCUT2D eigenvalue weighted by molar-refractivity contribution is 6.37. The summed E-state index contributed by atoms with van der Waals surface area (Å²) in [4.78, 5) is 25.8. The van der Waals surface area contributed by atoms with Gasteiger partial charge in [0.2, 0.25) is 0 Å². The standard InChI is InChI=1S/C17H22N6O4/c1-2-27-16(25)15(24)18-17-20-19-13-11-5-3-4-6-12(11)14(21-23(13)17)22-7-9-26-10-8-22/h2-10H2,1H3,(H,18,20,24). The van der Waals surface area contributed by atoms with E-state index in [1.807, 2.05) is 0 Å². The zero-order chi connectivity index (χ0) is 18.8. The van der Waals surface area contributed by atoms with Crippen molar-refractivity contribution >= 4 is 29.3 Å². The smallest absolute Gasteiger partial charge is 0.397 e. The topological polar surface area (TPSA) is 111 Å². The number of carbonyl (C=O) groups excluding carboxylic acids is 2. The molecule has 2 aliphatic rings. The molecular weight excluding hydrogens is 352 g/mol. The number of carbonyl (C=O) groups is 2. The van der Waals surface area contributed by atoms with Crippen LogP contribution in [-0.4, -0.2) is 64.6 Å². The summed E-state index contributed by atoms with van der Waals surface area (Å²) in [7, 11) is 0. The number of ether oxygens (including phenoxy) is 2. The van der Waals surface area contributed by atoms with Gasteiger partial charge in [-0.15, -0.1) is 15.3 Å². The number of aryl methyl sites for hydroxylation is 1. The third-order valence-electron chi connectivity index (χ3n) is 4.84. The monoisotopic (exact) mass is 374 g/mol. The molecule has 3 heterocycles. The van der Waals surface area contributed by atoms with Crippen LogP contribution < -0.4 is 10.2 Å². The van der Waals surface area contributed by atoms with Gasteiger partial charge < -0.3 is 14.4 Å². The Kier molecular flexibility index (Phi) is 4.88. The molecular formula is C17H22N6O4. The van der Waals surface area contributed by atoms with Crippen LogP contribution in [0.1, 0.15) is 30.9 Å². The number of morpholine rings is 1. The number of rotatable bonds is 3. The predicted molar refractivity (Wildman–Crippen MR) is 95.7 cm³/mol. The van der Waals surface area contributed by atoms with Crippen molar-refractivity contribution in [2.24, 2.45) is 0 Å². The number of anilines is 2. The highest BCUT2D eigenvalue weighted by atomic mass is 16.5. The molecule has 0 unspecified atom stereocenters. The molecule has 27 heavy (non-hydrogen) atoms. The molecule has 144 valence electrons. The summed E-state index contributed by atoms with van der Waals surface area (Å²) >= 11 is 0. The zero-order valence-corrected chi connectivity index (χ0v) is 15.2. The van der Waals surface area contributed by atoms with Crippen LogP contribution >= 0.6 is 0 Å². The van der Waals surface area contributed by atoms with Crippen molar-refractivity contribution in [3.8, 4) is 0 Å². The minimum Gasteiger partial charge on any atom is -0.459 e. The van der Waals surface area contributed by atoms with E-state index in [-0.39, 0.29) is 12.6 Å². The van der Waals surface area contributed by atoms with Crippen molar-refractivity contribution in [1.82, 2.24) is 19.8 Å². The van der Waals surface area contributed by atoms with Crippen LogP contribution in [0.25, 0.3) is 5.65 Å². The summed E-state index contributed by atoms with van der Waals surface area (Å²) in [5.41, 5.74) is 2.94. The molecule has 1 amide bonds. The number of aromatic nitrogens is 4. The predicted octanol–water partition coefficient (Wildman–Crippen LogP) is 0.341. The van der Waals surface area contributed by atoms with E-state index in [4.69, 9.17) is 14.6 Å². The first kappa shape index (κ1) is 17.7. The van der Waals surface area contributed by atoms with Crippen molar-refractivity contribution in [2.75, 3.05) is 43.1 Å². The molecule has 0 radical (unpaired) electrons. The number of nitrogens with zero attached hydrogens (tertiary/aromatic N) is 5. The molecule has 10 heteroatoms. The average Bonchev–Trinajstić information content (AvgIpc) is 3.11. The molecule has 0 saturated carbocycles. The van der Waals surface area contributed by atoms with Crippen LogP contribution in [0.3, 0.4) is 0 Å². The summed E-state index contributed by atoms with van der Waals surface area (Å²) in [5.74, 6) is -0.850. The lowest BCUT2D eigenvalue weighted by Crippen LogP contribution is -2.38. The Balaban J connectivity index is 1.74. The maximum Gasteiger partial charge on any atom is 0.397 e. The number of fused-ring (bicyclic) bond motifs is 3. The molecule has 0 bridgehead atoms.